The summed E-state index contributed by atoms with van der Waals surface area (Å²) in [4.78, 5) is 27.6. The van der Waals surface area contributed by atoms with Crippen LogP contribution in [0.2, 0.25) is 0 Å². The predicted molar refractivity (Wildman–Crippen MR) is 97.1 cm³/mol. The molecule has 1 aliphatic heterocycles. The minimum atomic E-state index is -0.874. The molecule has 0 spiro atoms. The van der Waals surface area contributed by atoms with Gasteiger partial charge in [0.15, 0.2) is 0 Å². The Morgan fingerprint density at radius 2 is 1.58 bits per heavy atom. The van der Waals surface area contributed by atoms with Crippen molar-refractivity contribution in [1.82, 2.24) is 10.2 Å². The standard InChI is InChI=1S/C19H21FN4O2/c20-15-8-4-5-9-16(15)23-10-12-24(13-11-23)17(18(25)22-19(21)26)14-6-2-1-3-7-14/h1-9,17H,10-13H2,(H3,21,22,25,26)/t17-/m0/s1. The van der Waals surface area contributed by atoms with Crippen LogP contribution in [0, 0.1) is 5.82 Å². The van der Waals surface area contributed by atoms with Crippen molar-refractivity contribution in [2.45, 2.75) is 6.04 Å². The summed E-state index contributed by atoms with van der Waals surface area (Å²) in [6, 6.07) is 14.4. The van der Waals surface area contributed by atoms with Crippen LogP contribution in [0.3, 0.4) is 0 Å². The number of halogens is 1. The normalized spacial score (nSPS) is 16.1. The van der Waals surface area contributed by atoms with Crippen LogP contribution in [-0.2, 0) is 4.79 Å². The van der Waals surface area contributed by atoms with Gasteiger partial charge in [0, 0.05) is 26.2 Å². The van der Waals surface area contributed by atoms with Gasteiger partial charge in [0.25, 0.3) is 0 Å². The number of hydrogen-bond donors (Lipinski definition) is 2. The van der Waals surface area contributed by atoms with E-state index in [1.807, 2.05) is 40.1 Å². The zero-order valence-electron chi connectivity index (χ0n) is 14.3. The number of nitrogens with one attached hydrogen (secondary N) is 1. The summed E-state index contributed by atoms with van der Waals surface area (Å²) in [7, 11) is 0. The summed E-state index contributed by atoms with van der Waals surface area (Å²) in [6.45, 7) is 2.27. The van der Waals surface area contributed by atoms with Crippen molar-refractivity contribution in [1.29, 1.82) is 0 Å². The van der Waals surface area contributed by atoms with Gasteiger partial charge in [-0.05, 0) is 17.7 Å². The molecule has 1 heterocycles. The van der Waals surface area contributed by atoms with Gasteiger partial charge in [-0.2, -0.15) is 0 Å². The lowest BCUT2D eigenvalue weighted by molar-refractivity contribution is -0.125. The molecule has 0 aromatic heterocycles. The molecule has 0 bridgehead atoms. The molecule has 1 atom stereocenters. The number of primary amides is 1. The summed E-state index contributed by atoms with van der Waals surface area (Å²) in [5.41, 5.74) is 6.46. The van der Waals surface area contributed by atoms with Crippen molar-refractivity contribution in [2.24, 2.45) is 5.73 Å². The van der Waals surface area contributed by atoms with Gasteiger partial charge >= 0.3 is 6.03 Å². The number of amides is 3. The lowest BCUT2D eigenvalue weighted by Gasteiger charge is -2.39. The molecule has 136 valence electrons. The number of carbonyl (C=O) groups excluding carboxylic acids is 2. The van der Waals surface area contributed by atoms with Gasteiger partial charge in [0.1, 0.15) is 11.9 Å². The second kappa shape index (κ2) is 7.97. The molecule has 0 radical (unpaired) electrons. The number of para-hydroxylation sites is 1. The second-order valence-electron chi connectivity index (χ2n) is 6.14. The Morgan fingerprint density at radius 1 is 0.962 bits per heavy atom. The minimum absolute atomic E-state index is 0.257. The van der Waals surface area contributed by atoms with Crippen LogP contribution < -0.4 is 16.0 Å². The zero-order chi connectivity index (χ0) is 18.5. The first-order valence-corrected chi connectivity index (χ1v) is 8.45. The molecule has 7 heteroatoms. The first kappa shape index (κ1) is 17.9. The Kier molecular flexibility index (Phi) is 5.48. The smallest absolute Gasteiger partial charge is 0.318 e. The number of rotatable bonds is 4. The number of nitrogens with zero attached hydrogens (tertiary/aromatic N) is 2. The van der Waals surface area contributed by atoms with Gasteiger partial charge in [-0.3, -0.25) is 15.0 Å². The average Bonchev–Trinajstić information content (AvgIpc) is 2.63. The largest absolute Gasteiger partial charge is 0.367 e. The highest BCUT2D eigenvalue weighted by molar-refractivity contribution is 5.96. The zero-order valence-corrected chi connectivity index (χ0v) is 14.3. The van der Waals surface area contributed by atoms with E-state index >= 15 is 0 Å². The van der Waals surface area contributed by atoms with Crippen LogP contribution in [0.4, 0.5) is 14.9 Å². The minimum Gasteiger partial charge on any atom is -0.367 e. The van der Waals surface area contributed by atoms with Crippen molar-refractivity contribution in [3.8, 4) is 0 Å². The lowest BCUT2D eigenvalue weighted by atomic mass is 10.0. The summed E-state index contributed by atoms with van der Waals surface area (Å²) < 4.78 is 14.0. The molecule has 0 saturated carbocycles. The number of carbonyl (C=O) groups is 2. The monoisotopic (exact) mass is 356 g/mol. The fourth-order valence-corrected chi connectivity index (χ4v) is 3.28. The fourth-order valence-electron chi connectivity index (χ4n) is 3.28. The maximum Gasteiger partial charge on any atom is 0.318 e. The number of benzene rings is 2. The van der Waals surface area contributed by atoms with Gasteiger partial charge < -0.3 is 10.6 Å². The summed E-state index contributed by atoms with van der Waals surface area (Å²) in [5.74, 6) is -0.713. The third kappa shape index (κ3) is 4.00. The Labute approximate surface area is 151 Å². The Balaban J connectivity index is 1.76. The highest BCUT2D eigenvalue weighted by Crippen LogP contribution is 2.25. The Bertz CT molecular complexity index is 776. The van der Waals surface area contributed by atoms with Gasteiger partial charge in [0.05, 0.1) is 5.69 Å². The molecule has 6 nitrogen and oxygen atoms in total. The van der Waals surface area contributed by atoms with Crippen molar-refractivity contribution >= 4 is 17.6 Å². The lowest BCUT2D eigenvalue weighted by Crippen LogP contribution is -2.52. The van der Waals surface area contributed by atoms with Crippen LogP contribution in [0.5, 0.6) is 0 Å². The van der Waals surface area contributed by atoms with Gasteiger partial charge in [0.2, 0.25) is 5.91 Å². The molecule has 3 rings (SSSR count). The van der Waals surface area contributed by atoms with E-state index in [0.29, 0.717) is 31.9 Å². The van der Waals surface area contributed by atoms with E-state index in [1.54, 1.807) is 18.2 Å². The van der Waals surface area contributed by atoms with Crippen LogP contribution in [0.1, 0.15) is 11.6 Å². The third-order valence-electron chi connectivity index (χ3n) is 4.48. The number of hydrogen-bond acceptors (Lipinski definition) is 4. The van der Waals surface area contributed by atoms with Crippen molar-refractivity contribution < 1.29 is 14.0 Å². The molecular formula is C19H21FN4O2. The molecule has 1 aliphatic rings. The highest BCUT2D eigenvalue weighted by Gasteiger charge is 2.31. The average molecular weight is 356 g/mol. The van der Waals surface area contributed by atoms with E-state index in [0.717, 1.165) is 5.56 Å². The van der Waals surface area contributed by atoms with Crippen molar-refractivity contribution in [2.75, 3.05) is 31.1 Å². The molecule has 1 saturated heterocycles. The van der Waals surface area contributed by atoms with Crippen molar-refractivity contribution in [3.05, 3.63) is 66.0 Å². The quantitative estimate of drug-likeness (QED) is 0.877. The molecule has 3 amide bonds. The van der Waals surface area contributed by atoms with Gasteiger partial charge in [-0.15, -0.1) is 0 Å². The van der Waals surface area contributed by atoms with Gasteiger partial charge in [-0.1, -0.05) is 42.5 Å². The Hall–Kier alpha value is -2.93. The van der Waals surface area contributed by atoms with Gasteiger partial charge in [-0.25, -0.2) is 9.18 Å². The SMILES string of the molecule is NC(=O)NC(=O)[C@H](c1ccccc1)N1CCN(c2ccccc2F)CC1. The van der Waals surface area contributed by atoms with E-state index in [4.69, 9.17) is 5.73 Å². The first-order chi connectivity index (χ1) is 12.6. The maximum atomic E-state index is 14.0. The van der Waals surface area contributed by atoms with E-state index in [1.165, 1.54) is 6.07 Å². The molecular weight excluding hydrogens is 335 g/mol. The maximum absolute atomic E-state index is 14.0. The number of imide groups is 1. The van der Waals surface area contributed by atoms with Crippen LogP contribution >= 0.6 is 0 Å². The molecule has 0 unspecified atom stereocenters. The second-order valence-corrected chi connectivity index (χ2v) is 6.14. The topological polar surface area (TPSA) is 78.7 Å². The third-order valence-corrected chi connectivity index (χ3v) is 4.48. The highest BCUT2D eigenvalue weighted by atomic mass is 19.1. The number of urea groups is 1. The summed E-state index contributed by atoms with van der Waals surface area (Å²) in [5, 5.41) is 2.18. The Morgan fingerprint density at radius 3 is 2.19 bits per heavy atom. The van der Waals surface area contributed by atoms with Crippen LogP contribution in [0.25, 0.3) is 0 Å². The molecule has 3 N–H and O–H groups in total. The number of piperazine rings is 1. The fraction of sp³-hybridized carbons (Fsp3) is 0.263. The van der Waals surface area contributed by atoms with E-state index < -0.39 is 18.0 Å². The number of anilines is 1. The van der Waals surface area contributed by atoms with E-state index in [9.17, 15) is 14.0 Å². The molecule has 26 heavy (non-hydrogen) atoms. The molecule has 1 fully saturated rings. The van der Waals surface area contributed by atoms with Crippen molar-refractivity contribution in [3.63, 3.8) is 0 Å². The molecule has 2 aromatic carbocycles. The number of nitrogens with two attached hydrogens (primary N) is 1. The molecule has 2 aromatic rings. The molecule has 0 aliphatic carbocycles. The summed E-state index contributed by atoms with van der Waals surface area (Å²) in [6.07, 6.45) is 0. The predicted octanol–water partition coefficient (Wildman–Crippen LogP) is 1.88. The van der Waals surface area contributed by atoms with E-state index in [2.05, 4.69) is 5.32 Å². The summed E-state index contributed by atoms with van der Waals surface area (Å²) >= 11 is 0. The van der Waals surface area contributed by atoms with Crippen LogP contribution in [0.15, 0.2) is 54.6 Å². The van der Waals surface area contributed by atoms with E-state index in [-0.39, 0.29) is 5.82 Å². The first-order valence-electron chi connectivity index (χ1n) is 8.45. The van der Waals surface area contributed by atoms with Crippen LogP contribution in [-0.4, -0.2) is 43.0 Å².